The lowest BCUT2D eigenvalue weighted by atomic mass is 9.60. The van der Waals surface area contributed by atoms with Crippen molar-refractivity contribution in [2.45, 2.75) is 44.6 Å². The van der Waals surface area contributed by atoms with Gasteiger partial charge in [0.05, 0.1) is 0 Å². The van der Waals surface area contributed by atoms with Crippen LogP contribution in [0.4, 0.5) is 0 Å². The zero-order valence-corrected chi connectivity index (χ0v) is 16.1. The third-order valence-corrected chi connectivity index (χ3v) is 6.79. The Morgan fingerprint density at radius 2 is 2.04 bits per heavy atom. The lowest BCUT2D eigenvalue weighted by molar-refractivity contribution is -0.157. The van der Waals surface area contributed by atoms with E-state index in [9.17, 15) is 19.8 Å². The molecule has 0 bridgehead atoms. The van der Waals surface area contributed by atoms with Crippen LogP contribution in [0.15, 0.2) is 42.5 Å². The van der Waals surface area contributed by atoms with Gasteiger partial charge in [-0.3, -0.25) is 9.59 Å². The molecule has 3 atom stereocenters. The largest absolute Gasteiger partial charge is 0.508 e. The summed E-state index contributed by atoms with van der Waals surface area (Å²) in [5, 5.41) is 23.3. The van der Waals surface area contributed by atoms with E-state index >= 15 is 0 Å². The minimum absolute atomic E-state index is 0.0479. The number of hydrogen-bond donors (Lipinski definition) is 2. The molecule has 1 saturated carbocycles. The molecule has 0 radical (unpaired) electrons. The molecule has 0 saturated heterocycles. The van der Waals surface area contributed by atoms with Crippen LogP contribution in [-0.4, -0.2) is 34.2 Å². The van der Waals surface area contributed by atoms with Crippen molar-refractivity contribution in [2.24, 2.45) is 5.41 Å². The second-order valence-corrected chi connectivity index (χ2v) is 8.23. The van der Waals surface area contributed by atoms with Crippen LogP contribution in [0.1, 0.15) is 43.7 Å². The Morgan fingerprint density at radius 1 is 1.29 bits per heavy atom. The number of aromatic hydroxyl groups is 1. The summed E-state index contributed by atoms with van der Waals surface area (Å²) in [6, 6.07) is 9.36. The van der Waals surface area contributed by atoms with Gasteiger partial charge in [-0.15, -0.1) is 0 Å². The van der Waals surface area contributed by atoms with Gasteiger partial charge in [-0.1, -0.05) is 31.7 Å². The Balaban J connectivity index is 1.79. The minimum atomic E-state index is -1.71. The predicted octanol–water partition coefficient (Wildman–Crippen LogP) is 3.40. The van der Waals surface area contributed by atoms with Crippen molar-refractivity contribution in [1.82, 2.24) is 0 Å². The topological polar surface area (TPSA) is 83.8 Å². The lowest BCUT2D eigenvalue weighted by Gasteiger charge is -2.45. The maximum atomic E-state index is 12.9. The number of ether oxygens (including phenoxy) is 1. The molecule has 0 spiro atoms. The molecule has 4 rings (SSSR count). The van der Waals surface area contributed by atoms with Crippen molar-refractivity contribution in [2.75, 3.05) is 6.61 Å². The number of benzene rings is 2. The minimum Gasteiger partial charge on any atom is -0.508 e. The van der Waals surface area contributed by atoms with Gasteiger partial charge in [-0.2, -0.15) is 0 Å². The second-order valence-electron chi connectivity index (χ2n) is 8.23. The number of aliphatic hydroxyl groups is 1. The highest BCUT2D eigenvalue weighted by Crippen LogP contribution is 2.63. The predicted molar refractivity (Wildman–Crippen MR) is 105 cm³/mol. The highest BCUT2D eigenvalue weighted by atomic mass is 16.5. The number of phenolic OH excluding ortho intramolecular Hbond substituents is 1. The number of ketones is 1. The normalized spacial score (nSPS) is 28.7. The van der Waals surface area contributed by atoms with Gasteiger partial charge in [0, 0.05) is 12.3 Å². The third kappa shape index (κ3) is 2.42. The standard InChI is InChI=1S/C23H24O5/c1-13-10-20-19-6-4-15-11-16(25)5-7-17(15)18(19)8-9-22(20,3)23(13,27)21(26)12-28-14(2)24/h4-7,11,20,25,27H,1,8-10,12H2,2-3H3/t20-,22-,23-/m0/s1. The molecule has 28 heavy (non-hydrogen) atoms. The molecule has 0 heterocycles. The van der Waals surface area contributed by atoms with E-state index in [1.165, 1.54) is 12.5 Å². The van der Waals surface area contributed by atoms with Gasteiger partial charge in [0.2, 0.25) is 5.78 Å². The monoisotopic (exact) mass is 380 g/mol. The number of carbonyl (C=O) groups excluding carboxylic acids is 2. The summed E-state index contributed by atoms with van der Waals surface area (Å²) < 4.78 is 4.88. The Labute approximate surface area is 163 Å². The molecule has 1 fully saturated rings. The number of aryl methyl sites for hydroxylation is 1. The molecule has 2 aliphatic carbocycles. The fraction of sp³-hybridized carbons (Fsp3) is 0.391. The Bertz CT molecular complexity index is 1020. The van der Waals surface area contributed by atoms with Crippen LogP contribution in [0.25, 0.3) is 10.8 Å². The SMILES string of the molecule is C=C1C[C@H]2c3ccc4cc(O)ccc4c3CC[C@]2(C)[C@@]1(O)C(=O)COC(C)=O. The van der Waals surface area contributed by atoms with Crippen LogP contribution in [0.2, 0.25) is 0 Å². The van der Waals surface area contributed by atoms with Gasteiger partial charge >= 0.3 is 5.97 Å². The molecule has 0 unspecified atom stereocenters. The first-order chi connectivity index (χ1) is 13.2. The zero-order valence-electron chi connectivity index (χ0n) is 16.1. The summed E-state index contributed by atoms with van der Waals surface area (Å²) in [6.45, 7) is 6.76. The molecule has 0 amide bonds. The number of carbonyl (C=O) groups is 2. The molecule has 5 nitrogen and oxygen atoms in total. The van der Waals surface area contributed by atoms with Gasteiger partial charge in [-0.25, -0.2) is 0 Å². The summed E-state index contributed by atoms with van der Waals surface area (Å²) in [6.07, 6.45) is 1.84. The molecule has 0 aliphatic heterocycles. The number of fused-ring (bicyclic) bond motifs is 5. The molecule has 2 aromatic carbocycles. The average molecular weight is 380 g/mol. The second kappa shape index (κ2) is 6.17. The highest BCUT2D eigenvalue weighted by Gasteiger charge is 2.63. The van der Waals surface area contributed by atoms with E-state index in [1.54, 1.807) is 12.1 Å². The van der Waals surface area contributed by atoms with E-state index in [4.69, 9.17) is 4.74 Å². The first-order valence-corrected chi connectivity index (χ1v) is 9.50. The van der Waals surface area contributed by atoms with Gasteiger partial charge < -0.3 is 14.9 Å². The van der Waals surface area contributed by atoms with E-state index in [0.29, 0.717) is 24.8 Å². The molecule has 0 aromatic heterocycles. The fourth-order valence-corrected chi connectivity index (χ4v) is 5.26. The summed E-state index contributed by atoms with van der Waals surface area (Å²) in [4.78, 5) is 24.0. The molecule has 2 N–H and O–H groups in total. The van der Waals surface area contributed by atoms with Gasteiger partial charge in [0.25, 0.3) is 0 Å². The van der Waals surface area contributed by atoms with E-state index in [-0.39, 0.29) is 11.7 Å². The Morgan fingerprint density at radius 3 is 2.75 bits per heavy atom. The number of esters is 1. The van der Waals surface area contributed by atoms with Crippen molar-refractivity contribution in [3.8, 4) is 5.75 Å². The van der Waals surface area contributed by atoms with Crippen LogP contribution in [-0.2, 0) is 20.7 Å². The van der Waals surface area contributed by atoms with Gasteiger partial charge in [0.1, 0.15) is 5.75 Å². The Kier molecular flexibility index (Phi) is 4.12. The van der Waals surface area contributed by atoms with Crippen LogP contribution >= 0.6 is 0 Å². The van der Waals surface area contributed by atoms with Gasteiger partial charge in [-0.05, 0) is 64.8 Å². The average Bonchev–Trinajstić information content (AvgIpc) is 2.87. The Hall–Kier alpha value is -2.66. The molecule has 146 valence electrons. The molecular formula is C23H24O5. The van der Waals surface area contributed by atoms with Crippen molar-refractivity contribution in [3.63, 3.8) is 0 Å². The van der Waals surface area contributed by atoms with E-state index in [0.717, 1.165) is 16.3 Å². The van der Waals surface area contributed by atoms with Crippen LogP contribution in [0, 0.1) is 5.41 Å². The first kappa shape index (κ1) is 18.7. The van der Waals surface area contributed by atoms with Crippen LogP contribution in [0.5, 0.6) is 5.75 Å². The van der Waals surface area contributed by atoms with Crippen molar-refractivity contribution in [3.05, 3.63) is 53.6 Å². The van der Waals surface area contributed by atoms with Crippen LogP contribution < -0.4 is 0 Å². The zero-order chi connectivity index (χ0) is 20.3. The summed E-state index contributed by atoms with van der Waals surface area (Å²) in [7, 11) is 0. The fourth-order valence-electron chi connectivity index (χ4n) is 5.26. The molecular weight excluding hydrogens is 356 g/mol. The lowest BCUT2D eigenvalue weighted by Crippen LogP contribution is -2.54. The van der Waals surface area contributed by atoms with Gasteiger partial charge in [0.15, 0.2) is 12.2 Å². The first-order valence-electron chi connectivity index (χ1n) is 9.50. The summed E-state index contributed by atoms with van der Waals surface area (Å²) in [5.74, 6) is -0.876. The quantitative estimate of drug-likeness (QED) is 0.630. The number of rotatable bonds is 3. The summed E-state index contributed by atoms with van der Waals surface area (Å²) in [5.41, 5.74) is 0.373. The van der Waals surface area contributed by atoms with E-state index < -0.39 is 29.4 Å². The maximum Gasteiger partial charge on any atom is 0.303 e. The summed E-state index contributed by atoms with van der Waals surface area (Å²) >= 11 is 0. The van der Waals surface area contributed by atoms with Crippen molar-refractivity contribution >= 4 is 22.5 Å². The molecule has 2 aliphatic rings. The van der Waals surface area contributed by atoms with Crippen molar-refractivity contribution < 1.29 is 24.5 Å². The third-order valence-electron chi connectivity index (χ3n) is 6.79. The smallest absolute Gasteiger partial charge is 0.303 e. The number of Topliss-reactive ketones (excluding diaryl/α,β-unsaturated/α-hetero) is 1. The molecule has 2 aromatic rings. The van der Waals surface area contributed by atoms with E-state index in [1.807, 2.05) is 25.1 Å². The molecule has 5 heteroatoms. The van der Waals surface area contributed by atoms with E-state index in [2.05, 4.69) is 6.58 Å². The number of phenols is 1. The van der Waals surface area contributed by atoms with Crippen LogP contribution in [0.3, 0.4) is 0 Å². The highest BCUT2D eigenvalue weighted by molar-refractivity contribution is 5.95. The number of hydrogen-bond acceptors (Lipinski definition) is 5. The maximum absolute atomic E-state index is 12.9. The van der Waals surface area contributed by atoms with Crippen molar-refractivity contribution in [1.29, 1.82) is 0 Å².